The maximum atomic E-state index is 12.8. The Hall–Kier alpha value is -1.94. The molecule has 1 fully saturated rings. The van der Waals surface area contributed by atoms with Gasteiger partial charge in [0, 0.05) is 25.6 Å². The molecule has 1 aliphatic rings. The number of rotatable bonds is 6. The Balaban J connectivity index is 1.96. The Bertz CT molecular complexity index is 746. The minimum atomic E-state index is -3.69. The summed E-state index contributed by atoms with van der Waals surface area (Å²) in [5.41, 5.74) is 0.332. The number of piperidine rings is 1. The zero-order chi connectivity index (χ0) is 19.5. The SMILES string of the molecule is CCNC(=O)[C@@H](C)NC(=O)C1CCN(S(=O)(=O)c2c(C)noc2C)CC1. The van der Waals surface area contributed by atoms with Crippen LogP contribution in [0.3, 0.4) is 0 Å². The highest BCUT2D eigenvalue weighted by atomic mass is 32.2. The van der Waals surface area contributed by atoms with Gasteiger partial charge in [-0.05, 0) is 40.5 Å². The number of carbonyl (C=O) groups excluding carboxylic acids is 2. The number of carbonyl (C=O) groups is 2. The lowest BCUT2D eigenvalue weighted by atomic mass is 9.97. The second-order valence-electron chi connectivity index (χ2n) is 6.46. The maximum absolute atomic E-state index is 12.8. The molecule has 10 heteroatoms. The minimum absolute atomic E-state index is 0.102. The Morgan fingerprint density at radius 3 is 2.42 bits per heavy atom. The van der Waals surface area contributed by atoms with Gasteiger partial charge < -0.3 is 15.2 Å². The first-order valence-corrected chi connectivity index (χ1v) is 10.1. The van der Waals surface area contributed by atoms with Crippen molar-refractivity contribution in [1.29, 1.82) is 0 Å². The molecule has 1 aromatic heterocycles. The first kappa shape index (κ1) is 20.4. The quantitative estimate of drug-likeness (QED) is 0.727. The van der Waals surface area contributed by atoms with Gasteiger partial charge in [-0.3, -0.25) is 9.59 Å². The van der Waals surface area contributed by atoms with E-state index in [9.17, 15) is 18.0 Å². The predicted octanol–water partition coefficient (Wildman–Crippen LogP) is 0.333. The average molecular weight is 386 g/mol. The van der Waals surface area contributed by atoms with Crippen LogP contribution in [0.5, 0.6) is 0 Å². The molecule has 1 aromatic rings. The first-order valence-electron chi connectivity index (χ1n) is 8.69. The van der Waals surface area contributed by atoms with E-state index in [0.717, 1.165) is 0 Å². The molecule has 2 amide bonds. The molecule has 0 aliphatic carbocycles. The molecule has 2 rings (SSSR count). The number of aryl methyl sites for hydroxylation is 2. The van der Waals surface area contributed by atoms with Crippen LogP contribution in [0, 0.1) is 19.8 Å². The summed E-state index contributed by atoms with van der Waals surface area (Å²) >= 11 is 0. The molecule has 0 unspecified atom stereocenters. The van der Waals surface area contributed by atoms with E-state index in [2.05, 4.69) is 15.8 Å². The number of aromatic nitrogens is 1. The monoisotopic (exact) mass is 386 g/mol. The fourth-order valence-corrected chi connectivity index (χ4v) is 4.82. The molecular formula is C16H26N4O5S. The van der Waals surface area contributed by atoms with E-state index < -0.39 is 16.1 Å². The van der Waals surface area contributed by atoms with Crippen LogP contribution in [0.4, 0.5) is 0 Å². The summed E-state index contributed by atoms with van der Waals surface area (Å²) in [4.78, 5) is 24.1. The maximum Gasteiger partial charge on any atom is 0.248 e. The molecule has 0 saturated carbocycles. The zero-order valence-corrected chi connectivity index (χ0v) is 16.4. The van der Waals surface area contributed by atoms with Crippen molar-refractivity contribution in [1.82, 2.24) is 20.1 Å². The van der Waals surface area contributed by atoms with Gasteiger partial charge in [0.1, 0.15) is 16.6 Å². The van der Waals surface area contributed by atoms with Crippen LogP contribution in [-0.4, -0.2) is 55.4 Å². The topological polar surface area (TPSA) is 122 Å². The van der Waals surface area contributed by atoms with Gasteiger partial charge >= 0.3 is 0 Å². The summed E-state index contributed by atoms with van der Waals surface area (Å²) in [5, 5.41) is 9.04. The highest BCUT2D eigenvalue weighted by Crippen LogP contribution is 2.27. The second-order valence-corrected chi connectivity index (χ2v) is 8.33. The third-order valence-electron chi connectivity index (χ3n) is 4.49. The van der Waals surface area contributed by atoms with Crippen LogP contribution in [0.2, 0.25) is 0 Å². The summed E-state index contributed by atoms with van der Waals surface area (Å²) in [6.45, 7) is 7.56. The third kappa shape index (κ3) is 4.24. The number of sulfonamides is 1. The van der Waals surface area contributed by atoms with Crippen LogP contribution in [-0.2, 0) is 19.6 Å². The summed E-state index contributed by atoms with van der Waals surface area (Å²) in [7, 11) is -3.69. The number of nitrogens with one attached hydrogen (secondary N) is 2. The number of likely N-dealkylation sites (N-methyl/N-ethyl adjacent to an activating group) is 1. The summed E-state index contributed by atoms with van der Waals surface area (Å²) in [6.07, 6.45) is 0.799. The zero-order valence-electron chi connectivity index (χ0n) is 15.5. The van der Waals surface area contributed by atoms with E-state index in [-0.39, 0.29) is 41.5 Å². The molecule has 1 aliphatic heterocycles. The highest BCUT2D eigenvalue weighted by Gasteiger charge is 2.35. The summed E-state index contributed by atoms with van der Waals surface area (Å²) in [5.74, 6) is -0.515. The highest BCUT2D eigenvalue weighted by molar-refractivity contribution is 7.89. The molecular weight excluding hydrogens is 360 g/mol. The van der Waals surface area contributed by atoms with Gasteiger partial charge in [0.2, 0.25) is 21.8 Å². The van der Waals surface area contributed by atoms with Crippen molar-refractivity contribution >= 4 is 21.8 Å². The van der Waals surface area contributed by atoms with Gasteiger partial charge in [0.05, 0.1) is 0 Å². The normalized spacial score (nSPS) is 17.7. The van der Waals surface area contributed by atoms with Crippen molar-refractivity contribution in [2.75, 3.05) is 19.6 Å². The lowest BCUT2D eigenvalue weighted by Crippen LogP contribution is -2.49. The summed E-state index contributed by atoms with van der Waals surface area (Å²) in [6, 6.07) is -0.619. The lowest BCUT2D eigenvalue weighted by Gasteiger charge is -2.30. The van der Waals surface area contributed by atoms with Gasteiger partial charge in [-0.2, -0.15) is 4.31 Å². The Labute approximate surface area is 153 Å². The average Bonchev–Trinajstić information content (AvgIpc) is 2.94. The molecule has 9 nitrogen and oxygen atoms in total. The number of hydrogen-bond donors (Lipinski definition) is 2. The van der Waals surface area contributed by atoms with E-state index in [1.54, 1.807) is 20.8 Å². The van der Waals surface area contributed by atoms with Gasteiger partial charge in [-0.1, -0.05) is 5.16 Å². The molecule has 0 bridgehead atoms. The van der Waals surface area contributed by atoms with E-state index in [4.69, 9.17) is 4.52 Å². The smallest absolute Gasteiger partial charge is 0.248 e. The molecule has 1 atom stereocenters. The number of nitrogens with zero attached hydrogens (tertiary/aromatic N) is 2. The largest absolute Gasteiger partial charge is 0.360 e. The van der Waals surface area contributed by atoms with Gasteiger partial charge in [0.25, 0.3) is 0 Å². The Morgan fingerprint density at radius 1 is 1.31 bits per heavy atom. The van der Waals surface area contributed by atoms with Crippen molar-refractivity contribution in [2.45, 2.75) is 51.5 Å². The Morgan fingerprint density at radius 2 is 1.92 bits per heavy atom. The van der Waals surface area contributed by atoms with E-state index >= 15 is 0 Å². The first-order chi connectivity index (χ1) is 12.2. The van der Waals surface area contributed by atoms with Crippen LogP contribution in [0.25, 0.3) is 0 Å². The van der Waals surface area contributed by atoms with Crippen LogP contribution in [0.15, 0.2) is 9.42 Å². The van der Waals surface area contributed by atoms with E-state index in [1.807, 2.05) is 6.92 Å². The van der Waals surface area contributed by atoms with Crippen LogP contribution < -0.4 is 10.6 Å². The molecule has 26 heavy (non-hydrogen) atoms. The van der Waals surface area contributed by atoms with Crippen molar-refractivity contribution in [2.24, 2.45) is 5.92 Å². The van der Waals surface area contributed by atoms with E-state index in [0.29, 0.717) is 25.1 Å². The summed E-state index contributed by atoms with van der Waals surface area (Å²) < 4.78 is 31.9. The van der Waals surface area contributed by atoms with Crippen molar-refractivity contribution < 1.29 is 22.5 Å². The van der Waals surface area contributed by atoms with Crippen LogP contribution in [0.1, 0.15) is 38.1 Å². The van der Waals surface area contributed by atoms with Crippen molar-refractivity contribution in [3.8, 4) is 0 Å². The fourth-order valence-electron chi connectivity index (χ4n) is 3.05. The lowest BCUT2D eigenvalue weighted by molar-refractivity contribution is -0.131. The Kier molecular flexibility index (Phi) is 6.40. The molecule has 0 spiro atoms. The molecule has 1 saturated heterocycles. The van der Waals surface area contributed by atoms with Crippen molar-refractivity contribution in [3.05, 3.63) is 11.5 Å². The van der Waals surface area contributed by atoms with E-state index in [1.165, 1.54) is 4.31 Å². The van der Waals surface area contributed by atoms with Crippen LogP contribution >= 0.6 is 0 Å². The van der Waals surface area contributed by atoms with Gasteiger partial charge in [0.15, 0.2) is 5.76 Å². The fraction of sp³-hybridized carbons (Fsp3) is 0.688. The molecule has 2 N–H and O–H groups in total. The van der Waals surface area contributed by atoms with Crippen molar-refractivity contribution in [3.63, 3.8) is 0 Å². The van der Waals surface area contributed by atoms with Gasteiger partial charge in [-0.25, -0.2) is 8.42 Å². The number of amides is 2. The molecule has 0 radical (unpaired) electrons. The minimum Gasteiger partial charge on any atom is -0.360 e. The standard InChI is InChI=1S/C16H26N4O5S/c1-5-17-15(21)11(3)18-16(22)13-6-8-20(9-7-13)26(23,24)14-10(2)19-25-12(14)4/h11,13H,5-9H2,1-4H3,(H,17,21)(H,18,22)/t11-/m1/s1. The number of hydrogen-bond acceptors (Lipinski definition) is 6. The molecule has 2 heterocycles. The third-order valence-corrected chi connectivity index (χ3v) is 6.64. The predicted molar refractivity (Wildman–Crippen MR) is 93.7 cm³/mol. The molecule has 146 valence electrons. The molecule has 0 aromatic carbocycles. The second kappa shape index (κ2) is 8.17. The van der Waals surface area contributed by atoms with Gasteiger partial charge in [-0.15, -0.1) is 0 Å².